The van der Waals surface area contributed by atoms with Crippen LogP contribution in [0.25, 0.3) is 0 Å². The second-order valence-electron chi connectivity index (χ2n) is 34.3. The number of carbonyl (C=O) groups is 8. The predicted octanol–water partition coefficient (Wildman–Crippen LogP) is 10.2. The minimum Gasteiger partial charge on any atom is -0.456 e. The van der Waals surface area contributed by atoms with Gasteiger partial charge in [-0.3, -0.25) is 28.8 Å². The Kier molecular flexibility index (Phi) is 36.4. The zero-order valence-electron chi connectivity index (χ0n) is 70.1. The molecular weight excluding hydrogens is 1460 g/mol. The number of fused-ring (bicyclic) bond motifs is 6. The zero-order chi connectivity index (χ0) is 83.0. The van der Waals surface area contributed by atoms with Gasteiger partial charge < -0.3 is 82.7 Å². The van der Waals surface area contributed by atoms with Gasteiger partial charge in [-0.15, -0.1) is 11.6 Å². The van der Waals surface area contributed by atoms with Crippen molar-refractivity contribution >= 4 is 58.5 Å². The van der Waals surface area contributed by atoms with Crippen molar-refractivity contribution in [2.45, 2.75) is 333 Å². The van der Waals surface area contributed by atoms with Crippen molar-refractivity contribution in [3.63, 3.8) is 0 Å². The quantitative estimate of drug-likeness (QED) is 0.0525. The summed E-state index contributed by atoms with van der Waals surface area (Å²) in [5, 5.41) is 57.6. The van der Waals surface area contributed by atoms with Crippen molar-refractivity contribution in [2.24, 2.45) is 59.2 Å². The molecule has 112 heavy (non-hydrogen) atoms. The maximum atomic E-state index is 14.3. The summed E-state index contributed by atoms with van der Waals surface area (Å²) in [6, 6.07) is -2.25. The second-order valence-corrected chi connectivity index (χ2v) is 34.8. The Morgan fingerprint density at radius 2 is 0.839 bits per heavy atom. The molecule has 2 saturated carbocycles. The van der Waals surface area contributed by atoms with E-state index in [0.29, 0.717) is 101 Å². The van der Waals surface area contributed by atoms with E-state index in [4.69, 9.17) is 59.0 Å². The van der Waals surface area contributed by atoms with Gasteiger partial charge in [0.1, 0.15) is 48.1 Å². The average Bonchev–Trinajstić information content (AvgIpc) is 0.780. The molecule has 0 unspecified atom stereocenters. The van der Waals surface area contributed by atoms with E-state index in [2.05, 4.69) is 13.8 Å². The summed E-state index contributed by atoms with van der Waals surface area (Å²) >= 11 is 6.52. The van der Waals surface area contributed by atoms with E-state index in [1.165, 1.54) is 38.2 Å². The molecule has 5 N–H and O–H groups in total. The lowest BCUT2D eigenvalue weighted by atomic mass is 9.81. The van der Waals surface area contributed by atoms with Crippen molar-refractivity contribution in [1.82, 2.24) is 9.80 Å². The number of allylic oxidation sites excluding steroid dienone is 6. The number of aliphatic hydroxyl groups excluding tert-OH is 3. The maximum Gasteiger partial charge on any atom is 0.329 e. The first-order valence-electron chi connectivity index (χ1n) is 41.5. The number of cyclic esters (lactones) is 2. The summed E-state index contributed by atoms with van der Waals surface area (Å²) < 4.78 is 59.6. The number of aliphatic hydroxyl groups is 5. The number of halogens is 1. The summed E-state index contributed by atoms with van der Waals surface area (Å²) in [6.45, 7) is 22.6. The molecule has 0 aromatic heterocycles. The van der Waals surface area contributed by atoms with Crippen LogP contribution in [0.1, 0.15) is 224 Å². The topological polar surface area (TPSA) is 336 Å². The normalized spacial score (nSPS) is 41.6. The van der Waals surface area contributed by atoms with Gasteiger partial charge in [-0.1, -0.05) is 90.8 Å². The van der Waals surface area contributed by atoms with Gasteiger partial charge in [-0.25, -0.2) is 9.59 Å². The Labute approximate surface area is 670 Å². The van der Waals surface area contributed by atoms with Crippen LogP contribution in [-0.4, -0.2) is 246 Å². The monoisotopic (exact) mass is 1600 g/mol. The molecule has 0 aromatic rings. The van der Waals surface area contributed by atoms with Gasteiger partial charge in [0.25, 0.3) is 23.4 Å². The number of ketones is 4. The number of Topliss-reactive ketones (excluding diaryl/α,β-unsaturated/α-hetero) is 4. The average molecular weight is 1600 g/mol. The Hall–Kier alpha value is -4.71. The standard InChI is InChI=1S/C43H68ClNO11.C43H69NO12/c1-10-30-18-24(2)17-25(3)19-36(53-8)39-37(54-9)21-27(5)43(51,56-39)40(48)41(49)45-16-12-11-13-32(45)42(50)55-38(28(6)33(46)23-34(30)47)26(4)20-29-14-15-31(44)35(22-29)52-7;1-10-30-18-24(2)17-25(3)19-36(53-8)39-37(54-9)21-27(5)43(51,56-39)40(48)41(49)44-16-12-11-13-31(44)42(50)55-38(28(6)33(46)23-34(30)47)26(4)20-29-14-15-32(45)35(22-29)52-7/h18,20,25,27-33,35-39,46,51H,10-17,19,21-23H2,1-9H3;18,20,25,27-33,35-39,45-46,51H,10-17,19,21-23H2,1-9H3/b2*24-18+,26-20+/t25-,27+,28+,29-,30+,31+,32-,33-,35+,36-,37-,38+,39+,43+;25-,27+,28+,29-,30+,31-,32+,33-,35+,36-,37-,38+,39+,43+/m00/s1. The fraction of sp³-hybridized carbons (Fsp3) is 0.814. The van der Waals surface area contributed by atoms with Crippen LogP contribution in [-0.2, 0) is 85.7 Å². The number of nitrogens with zero attached hydrogens (tertiary/aromatic N) is 2. The molecule has 8 aliphatic rings. The summed E-state index contributed by atoms with van der Waals surface area (Å²) in [4.78, 5) is 115. The number of piperidine rings is 2. The van der Waals surface area contributed by atoms with Gasteiger partial charge in [-0.2, -0.15) is 0 Å². The minimum absolute atomic E-state index is 0.000914. The summed E-state index contributed by atoms with van der Waals surface area (Å²) in [7, 11) is 9.34. The molecule has 0 aromatic carbocycles. The number of amides is 2. The van der Waals surface area contributed by atoms with E-state index in [9.17, 15) is 63.9 Å². The van der Waals surface area contributed by atoms with Crippen LogP contribution in [0.15, 0.2) is 46.6 Å². The Balaban J connectivity index is 0.000000311. The number of alkyl halides is 1. The second kappa shape index (κ2) is 43.1. The van der Waals surface area contributed by atoms with Crippen molar-refractivity contribution in [3.8, 4) is 0 Å². The van der Waals surface area contributed by atoms with E-state index >= 15 is 0 Å². The summed E-state index contributed by atoms with van der Waals surface area (Å²) in [5.74, 6) is -14.8. The number of esters is 2. The molecule has 0 spiro atoms. The number of carbonyl (C=O) groups excluding carboxylic acids is 8. The van der Waals surface area contributed by atoms with Gasteiger partial charge in [0.2, 0.25) is 11.6 Å². The van der Waals surface area contributed by atoms with E-state index in [-0.39, 0.29) is 104 Å². The third kappa shape index (κ3) is 23.4. The third-order valence-electron chi connectivity index (χ3n) is 25.7. The van der Waals surface area contributed by atoms with Crippen molar-refractivity contribution in [1.29, 1.82) is 0 Å². The van der Waals surface area contributed by atoms with Crippen molar-refractivity contribution < 1.29 is 111 Å². The van der Waals surface area contributed by atoms with Crippen molar-refractivity contribution in [2.75, 3.05) is 55.7 Å². The van der Waals surface area contributed by atoms with Gasteiger partial charge in [0.15, 0.2) is 0 Å². The number of methoxy groups -OCH3 is 6. The van der Waals surface area contributed by atoms with Gasteiger partial charge >= 0.3 is 11.9 Å². The molecule has 8 rings (SSSR count). The number of hydrogen-bond acceptors (Lipinski definition) is 23. The van der Waals surface area contributed by atoms with E-state index in [1.807, 2.05) is 65.8 Å². The lowest BCUT2D eigenvalue weighted by molar-refractivity contribution is -0.302. The van der Waals surface area contributed by atoms with Crippen LogP contribution < -0.4 is 0 Å². The molecule has 6 heterocycles. The van der Waals surface area contributed by atoms with Gasteiger partial charge in [-0.05, 0) is 191 Å². The maximum absolute atomic E-state index is 14.3. The van der Waals surface area contributed by atoms with E-state index < -0.39 is 162 Å². The minimum atomic E-state index is -2.50. The first kappa shape index (κ1) is 94.4. The molecule has 6 fully saturated rings. The lowest BCUT2D eigenvalue weighted by Gasteiger charge is -2.47. The molecule has 2 aliphatic carbocycles. The van der Waals surface area contributed by atoms with Crippen LogP contribution >= 0.6 is 11.6 Å². The zero-order valence-corrected chi connectivity index (χ0v) is 70.9. The smallest absolute Gasteiger partial charge is 0.329 e. The fourth-order valence-electron chi connectivity index (χ4n) is 18.8. The highest BCUT2D eigenvalue weighted by atomic mass is 35.5. The molecule has 0 radical (unpaired) electrons. The Bertz CT molecular complexity index is 3080. The van der Waals surface area contributed by atoms with Crippen LogP contribution in [0.5, 0.6) is 0 Å². The molecule has 6 aliphatic heterocycles. The summed E-state index contributed by atoms with van der Waals surface area (Å²) in [6.07, 6.45) is 8.88. The molecule has 25 nitrogen and oxygen atoms in total. The van der Waals surface area contributed by atoms with Gasteiger partial charge in [0.05, 0.1) is 60.3 Å². The highest BCUT2D eigenvalue weighted by Crippen LogP contribution is 2.43. The van der Waals surface area contributed by atoms with E-state index in [0.717, 1.165) is 24.0 Å². The molecule has 2 amide bonds. The number of hydrogen-bond donors (Lipinski definition) is 5. The predicted molar refractivity (Wildman–Crippen MR) is 420 cm³/mol. The number of ether oxygens (including phenoxy) is 10. The molecular formula is C86H137ClN2O23. The van der Waals surface area contributed by atoms with Gasteiger partial charge in [0, 0.05) is 104 Å². The van der Waals surface area contributed by atoms with Crippen LogP contribution in [0.3, 0.4) is 0 Å². The SMILES string of the molecule is CC[C@@H]1/C=C(\C)C[C@H](C)C[C@H](OC)[C@H]2O[C@@](O)(C(=O)C(=O)N3CCCC[C@H]3C(=O)O[C@H](/C(C)=C/[C@@H]3CC[C@@H](Cl)[C@H](OC)C3)[C@H](C)[C@@H](O)CC1=O)[C@H](C)C[C@@H]2OC.CC[C@@H]1/C=C(\C)C[C@H](C)C[C@H](OC)[C@H]2O[C@@](O)(C(=O)C(=O)N3CCCC[C@H]3C(=O)O[C@H](/C(C)=C/[C@@H]3CC[C@@H](O)[C@H](OC)C3)[C@H](C)[C@@H](O)CC1=O)[C@H](C)C[C@@H]2OC. The van der Waals surface area contributed by atoms with Crippen molar-refractivity contribution in [3.05, 3.63) is 46.6 Å². The third-order valence-corrected chi connectivity index (χ3v) is 26.2. The largest absolute Gasteiger partial charge is 0.456 e. The highest BCUT2D eigenvalue weighted by Gasteiger charge is 2.59. The molecule has 4 bridgehead atoms. The number of rotatable bonds is 12. The lowest BCUT2D eigenvalue weighted by Crippen LogP contribution is -2.64. The van der Waals surface area contributed by atoms with Crippen LogP contribution in [0.2, 0.25) is 0 Å². The molecule has 4 saturated heterocycles. The first-order valence-corrected chi connectivity index (χ1v) is 41.9. The first-order chi connectivity index (χ1) is 53.0. The highest BCUT2D eigenvalue weighted by molar-refractivity contribution is 6.39. The van der Waals surface area contributed by atoms with Crippen LogP contribution in [0, 0.1) is 59.2 Å². The van der Waals surface area contributed by atoms with Crippen LogP contribution in [0.4, 0.5) is 0 Å². The summed E-state index contributed by atoms with van der Waals surface area (Å²) in [5.41, 5.74) is 3.37. The fourth-order valence-corrected chi connectivity index (χ4v) is 19.1. The molecule has 28 atom stereocenters. The Morgan fingerprint density at radius 3 is 1.21 bits per heavy atom. The molecule has 26 heteroatoms. The molecule has 636 valence electrons. The Morgan fingerprint density at radius 1 is 0.482 bits per heavy atom. The van der Waals surface area contributed by atoms with E-state index in [1.54, 1.807) is 41.9 Å².